The molecular formula is C10H16BrClO5P2S2. The average molecular weight is 458 g/mol. The van der Waals surface area contributed by atoms with E-state index in [0.717, 1.165) is 4.47 Å². The lowest BCUT2D eigenvalue weighted by Crippen LogP contribution is -2.08. The number of benzene rings is 1. The van der Waals surface area contributed by atoms with Gasteiger partial charge in [0.2, 0.25) is 0 Å². The van der Waals surface area contributed by atoms with Gasteiger partial charge in [-0.05, 0) is 41.5 Å². The van der Waals surface area contributed by atoms with Crippen molar-refractivity contribution in [3.05, 3.63) is 27.7 Å². The molecule has 0 fully saturated rings. The highest BCUT2D eigenvalue weighted by Crippen LogP contribution is 2.61. The number of halogens is 2. The van der Waals surface area contributed by atoms with Crippen LogP contribution in [0, 0.1) is 0 Å². The van der Waals surface area contributed by atoms with Crippen LogP contribution in [0.15, 0.2) is 22.7 Å². The van der Waals surface area contributed by atoms with Gasteiger partial charge in [-0.1, -0.05) is 41.4 Å². The summed E-state index contributed by atoms with van der Waals surface area (Å²) in [6.45, 7) is -3.95. The van der Waals surface area contributed by atoms with E-state index in [1.165, 1.54) is 0 Å². The van der Waals surface area contributed by atoms with Gasteiger partial charge < -0.3 is 19.2 Å². The fraction of sp³-hybridized carbons (Fsp3) is 0.400. The minimum Gasteiger partial charge on any atom is -0.426 e. The van der Waals surface area contributed by atoms with E-state index < -0.39 is 23.5 Å². The smallest absolute Gasteiger partial charge is 0.342 e. The second-order valence-corrected chi connectivity index (χ2v) is 14.3. The summed E-state index contributed by atoms with van der Waals surface area (Å²) in [7, 11) is -0.709. The highest BCUT2D eigenvalue weighted by Gasteiger charge is 2.30. The SMILES string of the molecule is CCS(CC)=P(O)(Oc1ccc(Br)cc1Cl)OP(O)(O)=S. The molecule has 0 spiro atoms. The number of rotatable bonds is 6. The normalized spacial score (nSPS) is 15.0. The maximum atomic E-state index is 10.7. The Kier molecular flexibility index (Phi) is 7.89. The fourth-order valence-electron chi connectivity index (χ4n) is 1.45. The molecule has 0 aliphatic carbocycles. The Hall–Kier alpha value is 1.06. The minimum atomic E-state index is -4.07. The summed E-state index contributed by atoms with van der Waals surface area (Å²) < 4.78 is 11.3. The molecule has 0 aliphatic rings. The first kappa shape index (κ1) is 20.1. The van der Waals surface area contributed by atoms with E-state index in [-0.39, 0.29) is 10.8 Å². The largest absolute Gasteiger partial charge is 0.426 e. The molecule has 0 saturated heterocycles. The Balaban J connectivity index is 3.32. The van der Waals surface area contributed by atoms with Crippen molar-refractivity contribution in [2.45, 2.75) is 13.8 Å². The zero-order valence-corrected chi connectivity index (χ0v) is 17.0. The lowest BCUT2D eigenvalue weighted by atomic mass is 10.3. The van der Waals surface area contributed by atoms with Crippen LogP contribution in [-0.2, 0) is 26.2 Å². The lowest BCUT2D eigenvalue weighted by molar-refractivity contribution is 0.323. The van der Waals surface area contributed by atoms with Crippen LogP contribution in [0.2, 0.25) is 5.02 Å². The monoisotopic (exact) mass is 456 g/mol. The topological polar surface area (TPSA) is 79.2 Å². The van der Waals surface area contributed by atoms with Crippen LogP contribution in [0.4, 0.5) is 0 Å². The van der Waals surface area contributed by atoms with E-state index in [1.54, 1.807) is 18.2 Å². The summed E-state index contributed by atoms with van der Waals surface area (Å²) in [5, 5.41) is 0.270. The first-order chi connectivity index (χ1) is 9.61. The predicted octanol–water partition coefficient (Wildman–Crippen LogP) is 4.04. The van der Waals surface area contributed by atoms with E-state index in [4.69, 9.17) is 20.4 Å². The first-order valence-electron chi connectivity index (χ1n) is 5.82. The molecule has 1 unspecified atom stereocenters. The van der Waals surface area contributed by atoms with Crippen molar-refractivity contribution < 1.29 is 23.5 Å². The van der Waals surface area contributed by atoms with E-state index in [0.29, 0.717) is 11.5 Å². The van der Waals surface area contributed by atoms with Crippen molar-refractivity contribution in [1.82, 2.24) is 0 Å². The molecule has 3 N–H and O–H groups in total. The molecular weight excluding hydrogens is 442 g/mol. The van der Waals surface area contributed by atoms with Gasteiger partial charge in [0.05, 0.1) is 5.02 Å². The van der Waals surface area contributed by atoms with Crippen LogP contribution in [0.1, 0.15) is 13.8 Å². The summed E-state index contributed by atoms with van der Waals surface area (Å²) in [5.41, 5.74) is 0. The maximum absolute atomic E-state index is 10.7. The Morgan fingerprint density at radius 3 is 2.29 bits per heavy atom. The molecule has 0 radical (unpaired) electrons. The van der Waals surface area contributed by atoms with Crippen molar-refractivity contribution in [2.24, 2.45) is 0 Å². The molecule has 11 heteroatoms. The average Bonchev–Trinajstić information content (AvgIpc) is 2.32. The molecule has 0 bridgehead atoms. The standard InChI is InChI=1S/C10H16BrClO5P2S2/c1-3-21(4-2)19(15,17-18(13,14)20)16-10-6-5-8(11)7-9(10)12/h5-7,15H,3-4H2,1-2H3,(H2,13,14,20). The van der Waals surface area contributed by atoms with E-state index >= 15 is 0 Å². The highest BCUT2D eigenvalue weighted by atomic mass is 79.9. The highest BCUT2D eigenvalue weighted by molar-refractivity contribution is 9.10. The molecule has 1 atom stereocenters. The van der Waals surface area contributed by atoms with Gasteiger partial charge in [-0.15, -0.1) is 10.1 Å². The Morgan fingerprint density at radius 2 is 1.86 bits per heavy atom. The Labute approximate surface area is 144 Å². The van der Waals surface area contributed by atoms with Gasteiger partial charge in [0.1, 0.15) is 5.75 Å². The third-order valence-corrected chi connectivity index (χ3v) is 12.1. The first-order valence-corrected chi connectivity index (χ1v) is 13.4. The van der Waals surface area contributed by atoms with Crippen LogP contribution in [0.25, 0.3) is 0 Å². The molecule has 0 saturated carbocycles. The van der Waals surface area contributed by atoms with Crippen molar-refractivity contribution >= 4 is 62.8 Å². The second-order valence-electron chi connectivity index (χ2n) is 3.75. The van der Waals surface area contributed by atoms with E-state index in [1.807, 2.05) is 13.8 Å². The summed E-state index contributed by atoms with van der Waals surface area (Å²) >= 11 is 13.8. The maximum Gasteiger partial charge on any atom is 0.342 e. The molecule has 0 aromatic heterocycles. The molecule has 1 aromatic carbocycles. The van der Waals surface area contributed by atoms with Gasteiger partial charge in [0, 0.05) is 4.47 Å². The van der Waals surface area contributed by atoms with Crippen molar-refractivity contribution in [1.29, 1.82) is 0 Å². The molecule has 1 aromatic rings. The summed E-state index contributed by atoms with van der Waals surface area (Å²) in [6, 6.07) is 4.85. The number of hydrogen-bond acceptors (Lipinski definition) is 3. The molecule has 0 aliphatic heterocycles. The minimum absolute atomic E-state index is 0.207. The molecule has 21 heavy (non-hydrogen) atoms. The Morgan fingerprint density at radius 1 is 1.29 bits per heavy atom. The van der Waals surface area contributed by atoms with Crippen LogP contribution in [-0.4, -0.2) is 26.2 Å². The summed E-state index contributed by atoms with van der Waals surface area (Å²) in [6.07, 6.45) is 0. The number of hydrogen-bond donors (Lipinski definition) is 3. The van der Waals surface area contributed by atoms with Crippen LogP contribution in [0.3, 0.4) is 0 Å². The van der Waals surface area contributed by atoms with Gasteiger partial charge in [-0.2, -0.15) is 0 Å². The van der Waals surface area contributed by atoms with Crippen molar-refractivity contribution in [3.8, 4) is 5.75 Å². The lowest BCUT2D eigenvalue weighted by Gasteiger charge is -2.26. The Bertz CT molecular complexity index is 615. The van der Waals surface area contributed by atoms with Crippen LogP contribution in [0.5, 0.6) is 5.75 Å². The fourth-order valence-corrected chi connectivity index (χ4v) is 10.8. The van der Waals surface area contributed by atoms with Gasteiger partial charge >= 0.3 is 13.4 Å². The summed E-state index contributed by atoms with van der Waals surface area (Å²) in [4.78, 5) is 29.5. The summed E-state index contributed by atoms with van der Waals surface area (Å²) in [5.74, 6) is 1.33. The molecule has 122 valence electrons. The molecule has 0 heterocycles. The molecule has 1 rings (SSSR count). The predicted molar refractivity (Wildman–Crippen MR) is 97.2 cm³/mol. The van der Waals surface area contributed by atoms with Gasteiger partial charge in [-0.3, -0.25) is 0 Å². The zero-order chi connectivity index (χ0) is 16.3. The van der Waals surface area contributed by atoms with Crippen molar-refractivity contribution in [2.75, 3.05) is 11.5 Å². The van der Waals surface area contributed by atoms with Crippen molar-refractivity contribution in [3.63, 3.8) is 0 Å². The van der Waals surface area contributed by atoms with Gasteiger partial charge in [-0.25, -0.2) is 4.31 Å². The molecule has 0 amide bonds. The van der Waals surface area contributed by atoms with Gasteiger partial charge in [0.15, 0.2) is 0 Å². The van der Waals surface area contributed by atoms with Crippen LogP contribution >= 0.6 is 41.0 Å². The van der Waals surface area contributed by atoms with Crippen LogP contribution < -0.4 is 4.52 Å². The zero-order valence-electron chi connectivity index (χ0n) is 11.3. The van der Waals surface area contributed by atoms with Gasteiger partial charge in [0.25, 0.3) is 0 Å². The quantitative estimate of drug-likeness (QED) is 0.560. The van der Waals surface area contributed by atoms with E-state index in [9.17, 15) is 14.7 Å². The molecule has 5 nitrogen and oxygen atoms in total. The second kappa shape index (κ2) is 8.25. The van der Waals surface area contributed by atoms with E-state index in [2.05, 4.69) is 27.7 Å². The third kappa shape index (κ3) is 6.22. The third-order valence-electron chi connectivity index (χ3n) is 2.31.